The topological polar surface area (TPSA) is 62.3 Å². The lowest BCUT2D eigenvalue weighted by Crippen LogP contribution is -2.44. The van der Waals surface area contributed by atoms with E-state index in [-0.39, 0.29) is 23.7 Å². The van der Waals surface area contributed by atoms with Gasteiger partial charge in [-0.1, -0.05) is 60.7 Å². The molecule has 1 aromatic heterocycles. The number of amides is 2. The molecule has 0 spiro atoms. The number of nitrogens with one attached hydrogen (secondary N) is 1. The SMILES string of the molecule is O=C(Nc1ccc(Br)cn1)C1CCCN(C(=O)CC(c2ccccc2)c2ccccc2)C1. The van der Waals surface area contributed by atoms with Crippen molar-refractivity contribution in [1.82, 2.24) is 9.88 Å². The average molecular weight is 492 g/mol. The van der Waals surface area contributed by atoms with Gasteiger partial charge in [0.05, 0.1) is 5.92 Å². The minimum absolute atomic E-state index is 0.00827. The molecular formula is C26H26BrN3O2. The van der Waals surface area contributed by atoms with Crippen LogP contribution in [0.25, 0.3) is 0 Å². The van der Waals surface area contributed by atoms with Crippen LogP contribution < -0.4 is 5.32 Å². The fourth-order valence-electron chi connectivity index (χ4n) is 4.20. The Morgan fingerprint density at radius 1 is 1.00 bits per heavy atom. The predicted octanol–water partition coefficient (Wildman–Crippen LogP) is 5.24. The first-order valence-corrected chi connectivity index (χ1v) is 11.7. The van der Waals surface area contributed by atoms with Crippen molar-refractivity contribution in [2.75, 3.05) is 18.4 Å². The first kappa shape index (κ1) is 22.2. The number of benzene rings is 2. The van der Waals surface area contributed by atoms with Crippen molar-refractivity contribution in [1.29, 1.82) is 0 Å². The third-order valence-corrected chi connectivity index (χ3v) is 6.38. The summed E-state index contributed by atoms with van der Waals surface area (Å²) in [6, 6.07) is 23.9. The summed E-state index contributed by atoms with van der Waals surface area (Å²) in [5.74, 6) is 0.285. The molecule has 0 radical (unpaired) electrons. The fourth-order valence-corrected chi connectivity index (χ4v) is 4.43. The Hall–Kier alpha value is -2.99. The van der Waals surface area contributed by atoms with Gasteiger partial charge in [0.1, 0.15) is 5.82 Å². The van der Waals surface area contributed by atoms with Crippen LogP contribution in [0.2, 0.25) is 0 Å². The number of rotatable bonds is 6. The van der Waals surface area contributed by atoms with Crippen LogP contribution in [-0.2, 0) is 9.59 Å². The monoisotopic (exact) mass is 491 g/mol. The highest BCUT2D eigenvalue weighted by atomic mass is 79.9. The van der Waals surface area contributed by atoms with E-state index in [1.165, 1.54) is 0 Å². The van der Waals surface area contributed by atoms with Crippen molar-refractivity contribution in [3.8, 4) is 0 Å². The average Bonchev–Trinajstić information content (AvgIpc) is 2.85. The van der Waals surface area contributed by atoms with Gasteiger partial charge in [0.25, 0.3) is 0 Å². The smallest absolute Gasteiger partial charge is 0.230 e. The van der Waals surface area contributed by atoms with Crippen LogP contribution in [0, 0.1) is 5.92 Å². The Kier molecular flexibility index (Phi) is 7.32. The lowest BCUT2D eigenvalue weighted by Gasteiger charge is -2.33. The molecule has 0 bridgehead atoms. The fraction of sp³-hybridized carbons (Fsp3) is 0.269. The second-order valence-corrected chi connectivity index (χ2v) is 9.02. The number of pyridine rings is 1. The molecule has 1 unspecified atom stereocenters. The standard InChI is InChI=1S/C26H26BrN3O2/c27-22-13-14-24(28-17-22)29-26(32)21-12-7-15-30(18-21)25(31)16-23(19-8-3-1-4-9-19)20-10-5-2-6-11-20/h1-6,8-11,13-14,17,21,23H,7,12,15-16,18H2,(H,28,29,32). The number of halogens is 1. The minimum Gasteiger partial charge on any atom is -0.342 e. The summed E-state index contributed by atoms with van der Waals surface area (Å²) >= 11 is 3.35. The normalized spacial score (nSPS) is 16.1. The molecular weight excluding hydrogens is 466 g/mol. The third kappa shape index (κ3) is 5.62. The minimum atomic E-state index is -0.231. The molecule has 2 aromatic carbocycles. The first-order chi connectivity index (χ1) is 15.6. The van der Waals surface area contributed by atoms with Gasteiger partial charge in [-0.25, -0.2) is 4.98 Å². The molecule has 4 rings (SSSR count). The van der Waals surface area contributed by atoms with E-state index in [0.29, 0.717) is 25.3 Å². The van der Waals surface area contributed by atoms with Crippen LogP contribution in [-0.4, -0.2) is 34.8 Å². The van der Waals surface area contributed by atoms with Gasteiger partial charge in [0.15, 0.2) is 0 Å². The van der Waals surface area contributed by atoms with E-state index in [4.69, 9.17) is 0 Å². The summed E-state index contributed by atoms with van der Waals surface area (Å²) in [5.41, 5.74) is 2.25. The molecule has 1 aliphatic heterocycles. The number of anilines is 1. The van der Waals surface area contributed by atoms with Gasteiger partial charge >= 0.3 is 0 Å². The van der Waals surface area contributed by atoms with E-state index >= 15 is 0 Å². The van der Waals surface area contributed by atoms with E-state index in [0.717, 1.165) is 28.4 Å². The molecule has 6 heteroatoms. The van der Waals surface area contributed by atoms with Crippen molar-refractivity contribution < 1.29 is 9.59 Å². The maximum Gasteiger partial charge on any atom is 0.230 e. The zero-order valence-corrected chi connectivity index (χ0v) is 19.4. The molecule has 0 aliphatic carbocycles. The number of carbonyl (C=O) groups is 2. The highest BCUT2D eigenvalue weighted by Gasteiger charge is 2.30. The van der Waals surface area contributed by atoms with Gasteiger partial charge in [0.2, 0.25) is 11.8 Å². The summed E-state index contributed by atoms with van der Waals surface area (Å²) in [6.45, 7) is 1.13. The highest BCUT2D eigenvalue weighted by Crippen LogP contribution is 2.29. The van der Waals surface area contributed by atoms with Gasteiger partial charge in [-0.2, -0.15) is 0 Å². The number of carbonyl (C=O) groups excluding carboxylic acids is 2. The number of aromatic nitrogens is 1. The Morgan fingerprint density at radius 2 is 1.66 bits per heavy atom. The van der Waals surface area contributed by atoms with E-state index in [1.807, 2.05) is 47.4 Å². The van der Waals surface area contributed by atoms with Crippen LogP contribution in [0.3, 0.4) is 0 Å². The van der Waals surface area contributed by atoms with Crippen molar-refractivity contribution >= 4 is 33.6 Å². The molecule has 164 valence electrons. The second kappa shape index (κ2) is 10.6. The van der Waals surface area contributed by atoms with Gasteiger partial charge in [-0.3, -0.25) is 9.59 Å². The van der Waals surface area contributed by atoms with Gasteiger partial charge in [-0.05, 0) is 52.0 Å². The molecule has 1 fully saturated rings. The molecule has 0 saturated carbocycles. The van der Waals surface area contributed by atoms with E-state index in [1.54, 1.807) is 12.3 Å². The Balaban J connectivity index is 1.43. The Labute approximate surface area is 197 Å². The number of piperidine rings is 1. The van der Waals surface area contributed by atoms with Gasteiger partial charge in [0, 0.05) is 36.1 Å². The van der Waals surface area contributed by atoms with E-state index in [2.05, 4.69) is 50.5 Å². The summed E-state index contributed by atoms with van der Waals surface area (Å²) in [4.78, 5) is 32.1. The molecule has 1 atom stereocenters. The van der Waals surface area contributed by atoms with Gasteiger partial charge in [-0.15, -0.1) is 0 Å². The van der Waals surface area contributed by atoms with Crippen LogP contribution in [0.5, 0.6) is 0 Å². The highest BCUT2D eigenvalue weighted by molar-refractivity contribution is 9.10. The summed E-state index contributed by atoms with van der Waals surface area (Å²) in [7, 11) is 0. The lowest BCUT2D eigenvalue weighted by molar-refractivity contribution is -0.134. The summed E-state index contributed by atoms with van der Waals surface area (Å²) in [6.07, 6.45) is 3.63. The number of hydrogen-bond donors (Lipinski definition) is 1. The quantitative estimate of drug-likeness (QED) is 0.512. The van der Waals surface area contributed by atoms with Crippen LogP contribution in [0.1, 0.15) is 36.3 Å². The lowest BCUT2D eigenvalue weighted by atomic mass is 9.87. The summed E-state index contributed by atoms with van der Waals surface area (Å²) < 4.78 is 0.858. The first-order valence-electron chi connectivity index (χ1n) is 10.9. The van der Waals surface area contributed by atoms with Crippen molar-refractivity contribution in [3.05, 3.63) is 94.6 Å². The second-order valence-electron chi connectivity index (χ2n) is 8.11. The number of hydrogen-bond acceptors (Lipinski definition) is 3. The number of nitrogens with zero attached hydrogens (tertiary/aromatic N) is 2. The molecule has 2 amide bonds. The molecule has 32 heavy (non-hydrogen) atoms. The predicted molar refractivity (Wildman–Crippen MR) is 129 cm³/mol. The van der Waals surface area contributed by atoms with Crippen molar-refractivity contribution in [2.24, 2.45) is 5.92 Å². The third-order valence-electron chi connectivity index (χ3n) is 5.91. The van der Waals surface area contributed by atoms with Crippen LogP contribution in [0.15, 0.2) is 83.5 Å². The Bertz CT molecular complexity index is 1000. The maximum atomic E-state index is 13.3. The van der Waals surface area contributed by atoms with Gasteiger partial charge < -0.3 is 10.2 Å². The number of likely N-dealkylation sites (tertiary alicyclic amines) is 1. The Morgan fingerprint density at radius 3 is 2.25 bits per heavy atom. The summed E-state index contributed by atoms with van der Waals surface area (Å²) in [5, 5.41) is 2.88. The van der Waals surface area contributed by atoms with E-state index < -0.39 is 0 Å². The molecule has 1 aliphatic rings. The molecule has 1 saturated heterocycles. The molecule has 2 heterocycles. The molecule has 3 aromatic rings. The molecule has 5 nitrogen and oxygen atoms in total. The largest absolute Gasteiger partial charge is 0.342 e. The van der Waals surface area contributed by atoms with Crippen LogP contribution in [0.4, 0.5) is 5.82 Å². The zero-order valence-electron chi connectivity index (χ0n) is 17.8. The van der Waals surface area contributed by atoms with Crippen molar-refractivity contribution in [2.45, 2.75) is 25.2 Å². The zero-order chi connectivity index (χ0) is 22.3. The van der Waals surface area contributed by atoms with Crippen LogP contribution >= 0.6 is 15.9 Å². The molecule has 1 N–H and O–H groups in total. The van der Waals surface area contributed by atoms with Crippen molar-refractivity contribution in [3.63, 3.8) is 0 Å². The van der Waals surface area contributed by atoms with E-state index in [9.17, 15) is 9.59 Å². The maximum absolute atomic E-state index is 13.3.